The van der Waals surface area contributed by atoms with Crippen LogP contribution in [0.1, 0.15) is 60.8 Å². The Kier molecular flexibility index (Phi) is 4.79. The van der Waals surface area contributed by atoms with Crippen molar-refractivity contribution in [1.29, 1.82) is 0 Å². The summed E-state index contributed by atoms with van der Waals surface area (Å²) in [5, 5.41) is 0. The van der Waals surface area contributed by atoms with Crippen molar-refractivity contribution in [3.63, 3.8) is 0 Å². The van der Waals surface area contributed by atoms with Gasteiger partial charge in [-0.05, 0) is 31.1 Å². The van der Waals surface area contributed by atoms with Gasteiger partial charge in [-0.1, -0.05) is 41.0 Å². The fourth-order valence-corrected chi connectivity index (χ4v) is 1.96. The Labute approximate surface area is 89.1 Å². The summed E-state index contributed by atoms with van der Waals surface area (Å²) in [7, 11) is 0. The molecule has 0 bridgehead atoms. The van der Waals surface area contributed by atoms with E-state index in [0.717, 1.165) is 6.42 Å². The van der Waals surface area contributed by atoms with Gasteiger partial charge in [-0.15, -0.1) is 11.6 Å². The largest absolute Gasteiger partial charge is 0.119 e. The van der Waals surface area contributed by atoms with Crippen molar-refractivity contribution in [2.45, 2.75) is 65.7 Å². The van der Waals surface area contributed by atoms with E-state index in [4.69, 9.17) is 11.6 Å². The average Bonchev–Trinajstić information content (AvgIpc) is 2.04. The second kappa shape index (κ2) is 4.68. The second-order valence-corrected chi connectivity index (χ2v) is 5.79. The first-order valence-electron chi connectivity index (χ1n) is 5.48. The molecule has 0 aromatic heterocycles. The van der Waals surface area contributed by atoms with Crippen LogP contribution in [0.2, 0.25) is 0 Å². The van der Waals surface area contributed by atoms with Crippen molar-refractivity contribution in [2.24, 2.45) is 11.3 Å². The molecule has 2 unspecified atom stereocenters. The molecule has 0 saturated carbocycles. The van der Waals surface area contributed by atoms with Crippen molar-refractivity contribution in [2.75, 3.05) is 0 Å². The van der Waals surface area contributed by atoms with E-state index in [0.29, 0.717) is 5.92 Å². The Morgan fingerprint density at radius 1 is 1.15 bits per heavy atom. The third kappa shape index (κ3) is 2.87. The molecular weight excluding hydrogens is 180 g/mol. The topological polar surface area (TPSA) is 0 Å². The smallest absolute Gasteiger partial charge is 0.0494 e. The summed E-state index contributed by atoms with van der Waals surface area (Å²) >= 11 is 6.66. The van der Waals surface area contributed by atoms with Gasteiger partial charge in [0.25, 0.3) is 0 Å². The van der Waals surface area contributed by atoms with E-state index in [-0.39, 0.29) is 10.3 Å². The van der Waals surface area contributed by atoms with Crippen molar-refractivity contribution in [3.05, 3.63) is 0 Å². The summed E-state index contributed by atoms with van der Waals surface area (Å²) < 4.78 is 0. The van der Waals surface area contributed by atoms with Gasteiger partial charge < -0.3 is 0 Å². The van der Waals surface area contributed by atoms with Crippen LogP contribution in [0.3, 0.4) is 0 Å². The molecule has 0 saturated heterocycles. The molecule has 0 radical (unpaired) electrons. The average molecular weight is 205 g/mol. The van der Waals surface area contributed by atoms with Crippen LogP contribution in [-0.4, -0.2) is 4.87 Å². The summed E-state index contributed by atoms with van der Waals surface area (Å²) in [6, 6.07) is 0. The Morgan fingerprint density at radius 3 is 1.92 bits per heavy atom. The Balaban J connectivity index is 4.53. The fourth-order valence-electron chi connectivity index (χ4n) is 1.72. The van der Waals surface area contributed by atoms with Crippen molar-refractivity contribution in [3.8, 4) is 0 Å². The first kappa shape index (κ1) is 13.3. The first-order chi connectivity index (χ1) is 5.79. The predicted octanol–water partition coefficient (Wildman–Crippen LogP) is 4.86. The lowest BCUT2D eigenvalue weighted by Crippen LogP contribution is -2.41. The highest BCUT2D eigenvalue weighted by Gasteiger charge is 2.41. The Bertz CT molecular complexity index is 147. The number of hydrogen-bond donors (Lipinski definition) is 0. The number of rotatable bonds is 5. The number of halogens is 1. The first-order valence-corrected chi connectivity index (χ1v) is 5.86. The van der Waals surface area contributed by atoms with Gasteiger partial charge in [0.15, 0.2) is 0 Å². The van der Waals surface area contributed by atoms with Crippen LogP contribution in [0.25, 0.3) is 0 Å². The number of alkyl halides is 1. The summed E-state index contributed by atoms with van der Waals surface area (Å²) in [5.74, 6) is 0.592. The molecule has 0 N–H and O–H groups in total. The monoisotopic (exact) mass is 204 g/mol. The van der Waals surface area contributed by atoms with Gasteiger partial charge in [0, 0.05) is 4.87 Å². The second-order valence-electron chi connectivity index (χ2n) is 5.00. The molecule has 0 fully saturated rings. The van der Waals surface area contributed by atoms with Gasteiger partial charge in [-0.25, -0.2) is 0 Å². The van der Waals surface area contributed by atoms with E-state index in [1.165, 1.54) is 12.8 Å². The van der Waals surface area contributed by atoms with E-state index in [1.54, 1.807) is 0 Å². The Morgan fingerprint density at radius 2 is 1.62 bits per heavy atom. The van der Waals surface area contributed by atoms with Crippen molar-refractivity contribution >= 4 is 11.6 Å². The normalized spacial score (nSPS) is 19.6. The molecule has 0 aliphatic rings. The summed E-state index contributed by atoms with van der Waals surface area (Å²) in [6.45, 7) is 13.5. The maximum atomic E-state index is 6.66. The quantitative estimate of drug-likeness (QED) is 0.562. The summed E-state index contributed by atoms with van der Waals surface area (Å²) in [5.41, 5.74) is 0.225. The molecular formula is C12H25Cl. The minimum atomic E-state index is -0.0717. The van der Waals surface area contributed by atoms with E-state index in [9.17, 15) is 0 Å². The standard InChI is InChI=1S/C12H25Cl/c1-7-9-10(3)12(6,13)11(4,5)8-2/h10H,7-9H2,1-6H3. The molecule has 0 aliphatic heterocycles. The van der Waals surface area contributed by atoms with Gasteiger partial charge in [-0.2, -0.15) is 0 Å². The van der Waals surface area contributed by atoms with E-state index in [1.807, 2.05) is 0 Å². The highest BCUT2D eigenvalue weighted by atomic mass is 35.5. The van der Waals surface area contributed by atoms with Crippen LogP contribution in [0.4, 0.5) is 0 Å². The lowest BCUT2D eigenvalue weighted by Gasteiger charge is -2.43. The van der Waals surface area contributed by atoms with Crippen LogP contribution in [0, 0.1) is 11.3 Å². The third-order valence-electron chi connectivity index (χ3n) is 3.85. The van der Waals surface area contributed by atoms with Crippen LogP contribution in [0.15, 0.2) is 0 Å². The lowest BCUT2D eigenvalue weighted by molar-refractivity contribution is 0.181. The molecule has 0 aromatic rings. The van der Waals surface area contributed by atoms with Gasteiger partial charge in [0.05, 0.1) is 0 Å². The van der Waals surface area contributed by atoms with E-state index < -0.39 is 0 Å². The predicted molar refractivity (Wildman–Crippen MR) is 62.4 cm³/mol. The van der Waals surface area contributed by atoms with Crippen LogP contribution < -0.4 is 0 Å². The van der Waals surface area contributed by atoms with E-state index in [2.05, 4.69) is 41.5 Å². The van der Waals surface area contributed by atoms with Gasteiger partial charge in [0.1, 0.15) is 0 Å². The molecule has 0 nitrogen and oxygen atoms in total. The molecule has 0 aromatic carbocycles. The zero-order valence-electron chi connectivity index (χ0n) is 10.1. The lowest BCUT2D eigenvalue weighted by atomic mass is 9.70. The van der Waals surface area contributed by atoms with Crippen LogP contribution in [0.5, 0.6) is 0 Å². The Hall–Kier alpha value is 0.290. The molecule has 1 heteroatoms. The SMILES string of the molecule is CCCC(C)C(C)(Cl)C(C)(C)CC. The third-order valence-corrected chi connectivity index (χ3v) is 4.74. The molecule has 2 atom stereocenters. The van der Waals surface area contributed by atoms with Crippen LogP contribution in [-0.2, 0) is 0 Å². The summed E-state index contributed by atoms with van der Waals surface area (Å²) in [4.78, 5) is -0.0717. The van der Waals surface area contributed by atoms with Crippen LogP contribution >= 0.6 is 11.6 Å². The van der Waals surface area contributed by atoms with Crippen molar-refractivity contribution in [1.82, 2.24) is 0 Å². The molecule has 0 amide bonds. The minimum Gasteiger partial charge on any atom is -0.119 e. The van der Waals surface area contributed by atoms with Gasteiger partial charge >= 0.3 is 0 Å². The fraction of sp³-hybridized carbons (Fsp3) is 1.00. The minimum absolute atomic E-state index is 0.0717. The summed E-state index contributed by atoms with van der Waals surface area (Å²) in [6.07, 6.45) is 3.59. The highest BCUT2D eigenvalue weighted by molar-refractivity contribution is 6.24. The number of hydrogen-bond acceptors (Lipinski definition) is 0. The van der Waals surface area contributed by atoms with Gasteiger partial charge in [-0.3, -0.25) is 0 Å². The highest BCUT2D eigenvalue weighted by Crippen LogP contribution is 2.45. The van der Waals surface area contributed by atoms with E-state index >= 15 is 0 Å². The van der Waals surface area contributed by atoms with Gasteiger partial charge in [0.2, 0.25) is 0 Å². The molecule has 0 heterocycles. The van der Waals surface area contributed by atoms with Crippen molar-refractivity contribution < 1.29 is 0 Å². The molecule has 80 valence electrons. The maximum Gasteiger partial charge on any atom is 0.0494 e. The molecule has 0 aliphatic carbocycles. The maximum absolute atomic E-state index is 6.66. The molecule has 13 heavy (non-hydrogen) atoms. The molecule has 0 rings (SSSR count). The zero-order valence-corrected chi connectivity index (χ0v) is 10.8. The zero-order chi connectivity index (χ0) is 10.7. The molecule has 0 spiro atoms.